The highest BCUT2D eigenvalue weighted by Crippen LogP contribution is 2.28. The summed E-state index contributed by atoms with van der Waals surface area (Å²) < 4.78 is 36.0. The van der Waals surface area contributed by atoms with Crippen LogP contribution >= 0.6 is 0 Å². The van der Waals surface area contributed by atoms with E-state index in [1.165, 1.54) is 12.2 Å². The average molecular weight is 372 g/mol. The van der Waals surface area contributed by atoms with E-state index < -0.39 is 48.7 Å². The maximum Gasteiger partial charge on any atom is 0.405 e. The molecule has 0 unspecified atom stereocenters. The summed E-state index contributed by atoms with van der Waals surface area (Å²) in [5, 5.41) is 5.53. The van der Waals surface area contributed by atoms with Crippen molar-refractivity contribution in [2.24, 2.45) is 0 Å². The van der Waals surface area contributed by atoms with Gasteiger partial charge in [-0.1, -0.05) is 30.3 Å². The molecule has 6 amide bonds. The Morgan fingerprint density at radius 2 is 1.81 bits per heavy atom. The van der Waals surface area contributed by atoms with E-state index in [4.69, 9.17) is 0 Å². The maximum absolute atomic E-state index is 12.5. The molecule has 1 fully saturated rings. The maximum atomic E-state index is 12.5. The summed E-state index contributed by atoms with van der Waals surface area (Å²) >= 11 is 0. The van der Waals surface area contributed by atoms with Gasteiger partial charge in [-0.25, -0.2) is 9.59 Å². The van der Waals surface area contributed by atoms with Crippen LogP contribution in [0.15, 0.2) is 30.3 Å². The fourth-order valence-electron chi connectivity index (χ4n) is 2.34. The number of urea groups is 2. The van der Waals surface area contributed by atoms with Crippen molar-refractivity contribution in [3.63, 3.8) is 0 Å². The van der Waals surface area contributed by atoms with E-state index in [0.717, 1.165) is 0 Å². The Morgan fingerprint density at radius 3 is 2.38 bits per heavy atom. The van der Waals surface area contributed by atoms with Crippen LogP contribution in [0.2, 0.25) is 0 Å². The predicted octanol–water partition coefficient (Wildman–Crippen LogP) is 0.842. The quantitative estimate of drug-likeness (QED) is 0.681. The van der Waals surface area contributed by atoms with Gasteiger partial charge in [0.05, 0.1) is 0 Å². The molecule has 0 aromatic heterocycles. The van der Waals surface area contributed by atoms with Gasteiger partial charge in [0.2, 0.25) is 5.91 Å². The van der Waals surface area contributed by atoms with Crippen LogP contribution in [0, 0.1) is 0 Å². The molecule has 1 aliphatic heterocycles. The van der Waals surface area contributed by atoms with Crippen molar-refractivity contribution in [2.45, 2.75) is 18.6 Å². The van der Waals surface area contributed by atoms with Crippen LogP contribution in [0.3, 0.4) is 0 Å². The lowest BCUT2D eigenvalue weighted by Gasteiger charge is -2.22. The summed E-state index contributed by atoms with van der Waals surface area (Å²) in [5.41, 5.74) is -0.902. The summed E-state index contributed by atoms with van der Waals surface area (Å²) in [6.07, 6.45) is -4.64. The van der Waals surface area contributed by atoms with E-state index in [-0.39, 0.29) is 0 Å². The number of benzene rings is 1. The normalized spacial score (nSPS) is 19.9. The zero-order valence-corrected chi connectivity index (χ0v) is 13.5. The first-order valence-corrected chi connectivity index (χ1v) is 7.37. The van der Waals surface area contributed by atoms with Gasteiger partial charge in [-0.05, 0) is 12.5 Å². The van der Waals surface area contributed by atoms with Crippen molar-refractivity contribution in [1.82, 2.24) is 20.9 Å². The Labute approximate surface area is 145 Å². The summed E-state index contributed by atoms with van der Waals surface area (Å²) in [6, 6.07) is 6.05. The number of halogens is 3. The summed E-state index contributed by atoms with van der Waals surface area (Å²) in [6.45, 7) is -0.982. The molecule has 1 heterocycles. The number of nitrogens with one attached hydrogen (secondary N) is 3. The molecular weight excluding hydrogens is 357 g/mol. The van der Waals surface area contributed by atoms with Gasteiger partial charge in [-0.3, -0.25) is 19.8 Å². The van der Waals surface area contributed by atoms with Gasteiger partial charge < -0.3 is 10.6 Å². The standard InChI is InChI=1S/C15H15F3N4O4/c1-14(9-5-3-2-4-6-9)11(24)22(13(26)21-14)7-10(23)20-12(25)19-8-15(16,17)18/h2-6H,7-8H2,1H3,(H,21,26)(H2,19,20,23,25)/t14-/m0/s1. The Balaban J connectivity index is 1.99. The lowest BCUT2D eigenvalue weighted by molar-refractivity contribution is -0.134. The number of nitrogens with zero attached hydrogens (tertiary/aromatic N) is 1. The zero-order valence-electron chi connectivity index (χ0n) is 13.5. The average Bonchev–Trinajstić information content (AvgIpc) is 2.77. The van der Waals surface area contributed by atoms with Gasteiger partial charge in [-0.15, -0.1) is 0 Å². The highest BCUT2D eigenvalue weighted by Gasteiger charge is 2.49. The molecule has 3 N–H and O–H groups in total. The number of imide groups is 2. The Bertz CT molecular complexity index is 738. The largest absolute Gasteiger partial charge is 0.405 e. The van der Waals surface area contributed by atoms with E-state index in [1.807, 2.05) is 0 Å². The van der Waals surface area contributed by atoms with E-state index >= 15 is 0 Å². The van der Waals surface area contributed by atoms with Crippen LogP contribution in [0.1, 0.15) is 12.5 Å². The second-order valence-electron chi connectivity index (χ2n) is 5.66. The summed E-state index contributed by atoms with van der Waals surface area (Å²) in [7, 11) is 0. The second kappa shape index (κ2) is 7.02. The van der Waals surface area contributed by atoms with Crippen LogP contribution in [-0.2, 0) is 15.1 Å². The van der Waals surface area contributed by atoms with E-state index in [0.29, 0.717) is 10.5 Å². The van der Waals surface area contributed by atoms with Gasteiger partial charge in [0.15, 0.2) is 0 Å². The van der Waals surface area contributed by atoms with Crippen LogP contribution in [0.4, 0.5) is 22.8 Å². The van der Waals surface area contributed by atoms with Gasteiger partial charge in [0, 0.05) is 0 Å². The van der Waals surface area contributed by atoms with Crippen LogP contribution in [0.25, 0.3) is 0 Å². The third kappa shape index (κ3) is 4.29. The molecule has 2 rings (SSSR count). The summed E-state index contributed by atoms with van der Waals surface area (Å²) in [5.74, 6) is -1.83. The van der Waals surface area contributed by atoms with Crippen molar-refractivity contribution in [3.8, 4) is 0 Å². The van der Waals surface area contributed by atoms with Crippen molar-refractivity contribution in [1.29, 1.82) is 0 Å². The molecule has 26 heavy (non-hydrogen) atoms. The molecule has 1 aliphatic rings. The van der Waals surface area contributed by atoms with Gasteiger partial charge in [0.25, 0.3) is 5.91 Å². The van der Waals surface area contributed by atoms with E-state index in [2.05, 4.69) is 5.32 Å². The molecule has 0 bridgehead atoms. The second-order valence-corrected chi connectivity index (χ2v) is 5.66. The molecule has 0 spiro atoms. The zero-order chi connectivity index (χ0) is 19.5. The van der Waals surface area contributed by atoms with Gasteiger partial charge in [0.1, 0.15) is 18.6 Å². The van der Waals surface area contributed by atoms with Gasteiger partial charge in [-0.2, -0.15) is 13.2 Å². The predicted molar refractivity (Wildman–Crippen MR) is 81.6 cm³/mol. The fourth-order valence-corrected chi connectivity index (χ4v) is 2.34. The van der Waals surface area contributed by atoms with Crippen molar-refractivity contribution in [3.05, 3.63) is 35.9 Å². The van der Waals surface area contributed by atoms with Crippen molar-refractivity contribution < 1.29 is 32.3 Å². The highest BCUT2D eigenvalue weighted by molar-refractivity contribution is 6.10. The number of carbonyl (C=O) groups is 4. The molecule has 0 saturated carbocycles. The monoisotopic (exact) mass is 372 g/mol. The first-order valence-electron chi connectivity index (χ1n) is 7.37. The fraction of sp³-hybridized carbons (Fsp3) is 0.333. The third-order valence-electron chi connectivity index (χ3n) is 3.63. The topological polar surface area (TPSA) is 108 Å². The first-order chi connectivity index (χ1) is 12.0. The van der Waals surface area contributed by atoms with Crippen molar-refractivity contribution >= 4 is 23.9 Å². The number of hydrogen-bond donors (Lipinski definition) is 3. The highest BCUT2D eigenvalue weighted by atomic mass is 19.4. The number of carbonyl (C=O) groups excluding carboxylic acids is 4. The van der Waals surface area contributed by atoms with Gasteiger partial charge >= 0.3 is 18.2 Å². The molecule has 0 radical (unpaired) electrons. The summed E-state index contributed by atoms with van der Waals surface area (Å²) in [4.78, 5) is 48.1. The molecular formula is C15H15F3N4O4. The lowest BCUT2D eigenvalue weighted by Crippen LogP contribution is -2.48. The molecule has 0 aliphatic carbocycles. The molecule has 1 aromatic carbocycles. The SMILES string of the molecule is C[C@@]1(c2ccccc2)NC(=O)N(CC(=O)NC(=O)NCC(F)(F)F)C1=O. The minimum atomic E-state index is -4.64. The number of alkyl halides is 3. The van der Waals surface area contributed by atoms with E-state index in [9.17, 15) is 32.3 Å². The Hall–Kier alpha value is -3.11. The number of hydrogen-bond acceptors (Lipinski definition) is 4. The molecule has 1 saturated heterocycles. The van der Waals surface area contributed by atoms with E-state index in [1.54, 1.807) is 35.6 Å². The van der Waals surface area contributed by atoms with Crippen molar-refractivity contribution in [2.75, 3.05) is 13.1 Å². The van der Waals surface area contributed by atoms with Crippen LogP contribution in [0.5, 0.6) is 0 Å². The number of amides is 6. The first kappa shape index (κ1) is 19.2. The lowest BCUT2D eigenvalue weighted by atomic mass is 9.92. The number of rotatable bonds is 4. The Morgan fingerprint density at radius 1 is 1.19 bits per heavy atom. The minimum Gasteiger partial charge on any atom is -0.329 e. The molecule has 1 aromatic rings. The minimum absolute atomic E-state index is 0.490. The molecule has 140 valence electrons. The smallest absolute Gasteiger partial charge is 0.329 e. The molecule has 8 nitrogen and oxygen atoms in total. The third-order valence-corrected chi connectivity index (χ3v) is 3.63. The van der Waals surface area contributed by atoms with Crippen LogP contribution < -0.4 is 16.0 Å². The van der Waals surface area contributed by atoms with Crippen LogP contribution in [-0.4, -0.2) is 48.0 Å². The molecule has 11 heteroatoms. The Kier molecular flexibility index (Phi) is 5.19. The molecule has 1 atom stereocenters.